The Hall–Kier alpha value is -3.00. The van der Waals surface area contributed by atoms with Gasteiger partial charge in [0, 0.05) is 35.7 Å². The number of nitrogens with one attached hydrogen (secondary N) is 1. The van der Waals surface area contributed by atoms with Crippen LogP contribution in [0.1, 0.15) is 33.1 Å². The molecule has 5 nitrogen and oxygen atoms in total. The number of rotatable bonds is 8. The van der Waals surface area contributed by atoms with Gasteiger partial charge in [-0.2, -0.15) is 5.26 Å². The zero-order chi connectivity index (χ0) is 18.9. The van der Waals surface area contributed by atoms with Gasteiger partial charge in [0.1, 0.15) is 17.4 Å². The standard InChI is InChI=1S/C21H25N3O2/c1-3-5-13-24(12-4-2)15-16(14-22)21(26)23-19-10-6-9-18-17(19)8-7-11-20(18)25/h6-11,15,25H,3-5,12-13H2,1-2H3,(H,23,26)/b16-15-. The number of carbonyl (C=O) groups excluding carboxylic acids is 1. The number of amides is 1. The Labute approximate surface area is 154 Å². The van der Waals surface area contributed by atoms with E-state index >= 15 is 0 Å². The van der Waals surface area contributed by atoms with E-state index in [4.69, 9.17) is 0 Å². The van der Waals surface area contributed by atoms with E-state index in [2.05, 4.69) is 19.2 Å². The highest BCUT2D eigenvalue weighted by Crippen LogP contribution is 2.29. The summed E-state index contributed by atoms with van der Waals surface area (Å²) in [6.45, 7) is 5.81. The van der Waals surface area contributed by atoms with Crippen molar-refractivity contribution in [1.29, 1.82) is 5.26 Å². The highest BCUT2D eigenvalue weighted by Gasteiger charge is 2.13. The van der Waals surface area contributed by atoms with Gasteiger partial charge in [-0.3, -0.25) is 4.79 Å². The number of unbranched alkanes of at least 4 members (excludes halogenated alkanes) is 1. The quantitative estimate of drug-likeness (QED) is 0.546. The number of anilines is 1. The second-order valence-electron chi connectivity index (χ2n) is 6.18. The first-order valence-electron chi connectivity index (χ1n) is 8.98. The molecule has 0 bridgehead atoms. The summed E-state index contributed by atoms with van der Waals surface area (Å²) >= 11 is 0. The van der Waals surface area contributed by atoms with Gasteiger partial charge >= 0.3 is 0 Å². The number of carbonyl (C=O) groups is 1. The number of phenols is 1. The van der Waals surface area contributed by atoms with Crippen LogP contribution in [-0.4, -0.2) is 29.0 Å². The lowest BCUT2D eigenvalue weighted by Crippen LogP contribution is -2.23. The van der Waals surface area contributed by atoms with Crippen LogP contribution in [0, 0.1) is 11.3 Å². The number of hydrogen-bond donors (Lipinski definition) is 2. The van der Waals surface area contributed by atoms with Gasteiger partial charge in [0.25, 0.3) is 5.91 Å². The van der Waals surface area contributed by atoms with E-state index < -0.39 is 5.91 Å². The molecule has 136 valence electrons. The fourth-order valence-electron chi connectivity index (χ4n) is 2.80. The third kappa shape index (κ3) is 4.76. The third-order valence-corrected chi connectivity index (χ3v) is 4.13. The number of nitriles is 1. The number of phenolic OH excluding ortho intramolecular Hbond substituents is 1. The lowest BCUT2D eigenvalue weighted by Gasteiger charge is -2.20. The minimum atomic E-state index is -0.444. The molecule has 0 spiro atoms. The summed E-state index contributed by atoms with van der Waals surface area (Å²) in [5, 5.41) is 23.6. The first kappa shape index (κ1) is 19.3. The van der Waals surface area contributed by atoms with Crippen LogP contribution in [0.2, 0.25) is 0 Å². The lowest BCUT2D eigenvalue weighted by atomic mass is 10.1. The van der Waals surface area contributed by atoms with E-state index in [1.807, 2.05) is 17.0 Å². The predicted molar refractivity (Wildman–Crippen MR) is 105 cm³/mol. The monoisotopic (exact) mass is 351 g/mol. The van der Waals surface area contributed by atoms with Crippen LogP contribution < -0.4 is 5.32 Å². The molecule has 0 heterocycles. The Morgan fingerprint density at radius 3 is 2.58 bits per heavy atom. The minimum Gasteiger partial charge on any atom is -0.507 e. The van der Waals surface area contributed by atoms with Crippen LogP contribution in [0.15, 0.2) is 48.2 Å². The lowest BCUT2D eigenvalue weighted by molar-refractivity contribution is -0.112. The van der Waals surface area contributed by atoms with Gasteiger partial charge < -0.3 is 15.3 Å². The zero-order valence-electron chi connectivity index (χ0n) is 15.3. The van der Waals surface area contributed by atoms with Crippen LogP contribution in [0.5, 0.6) is 5.75 Å². The fraction of sp³-hybridized carbons (Fsp3) is 0.333. The van der Waals surface area contributed by atoms with Crippen molar-refractivity contribution in [3.63, 3.8) is 0 Å². The highest BCUT2D eigenvalue weighted by atomic mass is 16.3. The number of aromatic hydroxyl groups is 1. The normalized spacial score (nSPS) is 11.2. The molecule has 0 radical (unpaired) electrons. The predicted octanol–water partition coefficient (Wildman–Crippen LogP) is 4.40. The number of fused-ring (bicyclic) bond motifs is 1. The van der Waals surface area contributed by atoms with E-state index in [-0.39, 0.29) is 11.3 Å². The molecule has 0 saturated carbocycles. The molecular weight excluding hydrogens is 326 g/mol. The van der Waals surface area contributed by atoms with Crippen molar-refractivity contribution >= 4 is 22.4 Å². The van der Waals surface area contributed by atoms with Gasteiger partial charge in [0.2, 0.25) is 0 Å². The SMILES string of the molecule is CCCCN(/C=C(/C#N)C(=O)Nc1cccc2c(O)cccc12)CCC. The van der Waals surface area contributed by atoms with Gasteiger partial charge in [-0.1, -0.05) is 44.5 Å². The molecule has 0 fully saturated rings. The van der Waals surface area contributed by atoms with Gasteiger partial charge in [-0.05, 0) is 25.0 Å². The molecule has 0 saturated heterocycles. The topological polar surface area (TPSA) is 76.4 Å². The summed E-state index contributed by atoms with van der Waals surface area (Å²) in [6, 6.07) is 12.5. The van der Waals surface area contributed by atoms with E-state index in [1.54, 1.807) is 36.5 Å². The Morgan fingerprint density at radius 2 is 1.88 bits per heavy atom. The first-order valence-corrected chi connectivity index (χ1v) is 8.98. The van der Waals surface area contributed by atoms with Gasteiger partial charge in [-0.15, -0.1) is 0 Å². The summed E-state index contributed by atoms with van der Waals surface area (Å²) in [7, 11) is 0. The summed E-state index contributed by atoms with van der Waals surface area (Å²) in [6.07, 6.45) is 4.67. The van der Waals surface area contributed by atoms with E-state index in [9.17, 15) is 15.2 Å². The molecule has 2 rings (SSSR count). The Kier molecular flexibility index (Phi) is 7.04. The number of nitrogens with zero attached hydrogens (tertiary/aromatic N) is 2. The largest absolute Gasteiger partial charge is 0.507 e. The molecule has 0 aliphatic heterocycles. The smallest absolute Gasteiger partial charge is 0.267 e. The maximum atomic E-state index is 12.6. The molecule has 2 aromatic rings. The average Bonchev–Trinajstić information content (AvgIpc) is 2.64. The molecule has 0 aliphatic rings. The van der Waals surface area contributed by atoms with Gasteiger partial charge in [0.05, 0.1) is 0 Å². The molecule has 1 amide bonds. The molecule has 0 aromatic heterocycles. The average molecular weight is 351 g/mol. The van der Waals surface area contributed by atoms with Crippen LogP contribution in [-0.2, 0) is 4.79 Å². The minimum absolute atomic E-state index is 0.0757. The second-order valence-corrected chi connectivity index (χ2v) is 6.18. The van der Waals surface area contributed by atoms with Crippen molar-refractivity contribution in [2.24, 2.45) is 0 Å². The molecular formula is C21H25N3O2. The highest BCUT2D eigenvalue weighted by molar-refractivity contribution is 6.11. The fourth-order valence-corrected chi connectivity index (χ4v) is 2.80. The molecule has 2 aromatic carbocycles. The molecule has 5 heteroatoms. The van der Waals surface area contributed by atoms with Gasteiger partial charge in [0.15, 0.2) is 0 Å². The third-order valence-electron chi connectivity index (χ3n) is 4.13. The van der Waals surface area contributed by atoms with Crippen molar-refractivity contribution in [3.05, 3.63) is 48.2 Å². The Bertz CT molecular complexity index is 837. The van der Waals surface area contributed by atoms with Gasteiger partial charge in [-0.25, -0.2) is 0 Å². The van der Waals surface area contributed by atoms with Crippen LogP contribution in [0.4, 0.5) is 5.69 Å². The Balaban J connectivity index is 2.25. The van der Waals surface area contributed by atoms with E-state index in [0.29, 0.717) is 11.1 Å². The summed E-state index contributed by atoms with van der Waals surface area (Å²) in [4.78, 5) is 14.6. The molecule has 0 aliphatic carbocycles. The number of benzene rings is 2. The van der Waals surface area contributed by atoms with Crippen molar-refractivity contribution in [2.75, 3.05) is 18.4 Å². The maximum Gasteiger partial charge on any atom is 0.267 e. The molecule has 0 atom stereocenters. The molecule has 26 heavy (non-hydrogen) atoms. The molecule has 2 N–H and O–H groups in total. The first-order chi connectivity index (χ1) is 12.6. The van der Waals surface area contributed by atoms with Crippen molar-refractivity contribution in [1.82, 2.24) is 4.90 Å². The van der Waals surface area contributed by atoms with Crippen molar-refractivity contribution < 1.29 is 9.90 Å². The zero-order valence-corrected chi connectivity index (χ0v) is 15.3. The van der Waals surface area contributed by atoms with E-state index in [0.717, 1.165) is 37.7 Å². The molecule has 0 unspecified atom stereocenters. The summed E-state index contributed by atoms with van der Waals surface area (Å²) in [5.74, 6) is -0.288. The maximum absolute atomic E-state index is 12.6. The van der Waals surface area contributed by atoms with E-state index in [1.165, 1.54) is 0 Å². The van der Waals surface area contributed by atoms with Crippen LogP contribution >= 0.6 is 0 Å². The van der Waals surface area contributed by atoms with Crippen molar-refractivity contribution in [3.8, 4) is 11.8 Å². The summed E-state index contributed by atoms with van der Waals surface area (Å²) in [5.41, 5.74) is 0.645. The van der Waals surface area contributed by atoms with Crippen LogP contribution in [0.25, 0.3) is 10.8 Å². The Morgan fingerprint density at radius 1 is 1.15 bits per heavy atom. The number of hydrogen-bond acceptors (Lipinski definition) is 4. The van der Waals surface area contributed by atoms with Crippen LogP contribution in [0.3, 0.4) is 0 Å². The second kappa shape index (κ2) is 9.47. The summed E-state index contributed by atoms with van der Waals surface area (Å²) < 4.78 is 0. The van der Waals surface area contributed by atoms with Crippen molar-refractivity contribution in [2.45, 2.75) is 33.1 Å².